The van der Waals surface area contributed by atoms with Gasteiger partial charge >= 0.3 is 117 Å². The molecular weight excluding hydrogens is 741 g/mol. The van der Waals surface area contributed by atoms with Gasteiger partial charge in [-0.15, -0.1) is 0 Å². The molecule has 0 amide bonds. The molecule has 0 aliphatic carbocycles. The summed E-state index contributed by atoms with van der Waals surface area (Å²) in [5.41, 5.74) is 0. The van der Waals surface area contributed by atoms with E-state index in [-0.39, 0.29) is 45.5 Å². The van der Waals surface area contributed by atoms with Crippen LogP contribution in [0.25, 0.3) is 0 Å². The fourth-order valence-corrected chi connectivity index (χ4v) is 0. The van der Waals surface area contributed by atoms with Crippen LogP contribution in [0.15, 0.2) is 0 Å². The van der Waals surface area contributed by atoms with Crippen LogP contribution in [0.3, 0.4) is 0 Å². The molecule has 114 valence electrons. The molecule has 0 atom stereocenters. The molecule has 0 heterocycles. The van der Waals surface area contributed by atoms with Gasteiger partial charge in [0.25, 0.3) is 0 Å². The zero-order valence-electron chi connectivity index (χ0n) is 8.37. The third-order valence-electron chi connectivity index (χ3n) is 0. The fourth-order valence-electron chi connectivity index (χ4n) is 0. The summed E-state index contributed by atoms with van der Waals surface area (Å²) in [7, 11) is -9.28. The Morgan fingerprint density at radius 2 is 0.632 bits per heavy atom. The van der Waals surface area contributed by atoms with E-state index < -0.39 is 50.9 Å². The first kappa shape index (κ1) is 33.0. The van der Waals surface area contributed by atoms with Crippen LogP contribution in [0.5, 0.6) is 0 Å². The van der Waals surface area contributed by atoms with E-state index in [1.807, 2.05) is 0 Å². The molecule has 0 saturated carbocycles. The second kappa shape index (κ2) is 18.2. The van der Waals surface area contributed by atoms with E-state index in [1.165, 1.54) is 0 Å². The number of hydrogen-bond acceptors (Lipinski definition) is 8. The van der Waals surface area contributed by atoms with E-state index in [9.17, 15) is 0 Å². The molecule has 0 spiro atoms. The Labute approximate surface area is 154 Å². The van der Waals surface area contributed by atoms with Crippen LogP contribution in [-0.2, 0) is 58.0 Å². The van der Waals surface area contributed by atoms with Crippen LogP contribution in [-0.4, -0.2) is 74.8 Å². The number of hydrogen-bond donors (Lipinski definition) is 6. The van der Waals surface area contributed by atoms with Crippen molar-refractivity contribution in [1.29, 1.82) is 0 Å². The van der Waals surface area contributed by atoms with E-state index in [2.05, 4.69) is 0 Å². The van der Waals surface area contributed by atoms with Crippen molar-refractivity contribution in [3.8, 4) is 0 Å². The minimum absolute atomic E-state index is 0. The molecule has 0 aromatic heterocycles. The minimum atomic E-state index is -4.64. The fraction of sp³-hybridized carbons (Fsp3) is 0. The molecule has 0 radical (unpaired) electrons. The maximum Gasteiger partial charge on any atom is 2.00 e. The molecule has 0 aliphatic heterocycles. The second-order valence-electron chi connectivity index (χ2n) is 1.43. The molecule has 0 saturated heterocycles. The van der Waals surface area contributed by atoms with Crippen molar-refractivity contribution < 1.29 is 94.8 Å². The first-order valence-corrected chi connectivity index (χ1v) is 12.9. The Bertz CT molecular complexity index is 333. The van der Waals surface area contributed by atoms with E-state index in [0.717, 1.165) is 0 Å². The van der Waals surface area contributed by atoms with E-state index in [1.54, 1.807) is 0 Å². The molecule has 0 aromatic carbocycles. The molecule has 6 N–H and O–H groups in total. The quantitative estimate of drug-likeness (QED) is 0.100. The van der Waals surface area contributed by atoms with Crippen LogP contribution < -0.4 is 7.52 Å². The summed E-state index contributed by atoms with van der Waals surface area (Å²) in [4.78, 5) is 43.1. The van der Waals surface area contributed by atoms with Crippen molar-refractivity contribution >= 4 is 61.1 Å². The molecule has 0 aromatic rings. The molecule has 19 heteroatoms. The van der Waals surface area contributed by atoms with Gasteiger partial charge in [-0.25, -0.2) is 9.13 Å². The summed E-state index contributed by atoms with van der Waals surface area (Å²) in [5.74, 6) is 0. The van der Waals surface area contributed by atoms with Crippen LogP contribution in [0.1, 0.15) is 0 Å². The Kier molecular flexibility index (Phi) is 31.7. The zero-order valence-corrected chi connectivity index (χ0v) is 19.5. The second-order valence-corrected chi connectivity index (χ2v) is 6.42. The SMILES string of the molecule is O=P(O)(O)O.O=P(O)(O)O.[O]=[W](=[O])[O-].[O]=[W](=[O])[O-].[Sr+2]. The van der Waals surface area contributed by atoms with Gasteiger partial charge in [0.2, 0.25) is 0 Å². The molecule has 19 heavy (non-hydrogen) atoms. The predicted molar refractivity (Wildman–Crippen MR) is 37.0 cm³/mol. The summed E-state index contributed by atoms with van der Waals surface area (Å²) in [6.07, 6.45) is 0. The van der Waals surface area contributed by atoms with Crippen molar-refractivity contribution in [2.45, 2.75) is 0 Å². The van der Waals surface area contributed by atoms with E-state index in [4.69, 9.17) is 59.6 Å². The van der Waals surface area contributed by atoms with Gasteiger partial charge in [0, 0.05) is 0 Å². The van der Waals surface area contributed by atoms with Gasteiger partial charge in [-0.3, -0.25) is 0 Å². The van der Waals surface area contributed by atoms with Crippen LogP contribution in [0, 0.1) is 0 Å². The largest absolute Gasteiger partial charge is 2.00 e. The first-order chi connectivity index (χ1) is 7.46. The predicted octanol–water partition coefficient (Wildman–Crippen LogP) is -5.10. The molecule has 14 nitrogen and oxygen atoms in total. The maximum atomic E-state index is 8.88. The summed E-state index contributed by atoms with van der Waals surface area (Å²) in [5, 5.41) is 0. The maximum absolute atomic E-state index is 8.88. The van der Waals surface area contributed by atoms with Gasteiger partial charge in [-0.05, 0) is 0 Å². The van der Waals surface area contributed by atoms with Crippen molar-refractivity contribution in [2.75, 3.05) is 0 Å². The molecule has 0 unspecified atom stereocenters. The van der Waals surface area contributed by atoms with Crippen LogP contribution in [0.4, 0.5) is 0 Å². The summed E-state index contributed by atoms with van der Waals surface area (Å²) >= 11 is -8.56. The summed E-state index contributed by atoms with van der Waals surface area (Å²) in [6, 6.07) is 0. The average molecular weight is 747 g/mol. The van der Waals surface area contributed by atoms with Gasteiger partial charge in [-0.1, -0.05) is 0 Å². The molecule has 0 fully saturated rings. The van der Waals surface area contributed by atoms with Crippen molar-refractivity contribution in [3.63, 3.8) is 0 Å². The Morgan fingerprint density at radius 1 is 0.632 bits per heavy atom. The standard InChI is InChI=1S/2H3O4P.6O.Sr.2W/c2*1-5(2,3)4;;;;;;;;;/h2*(H3,1,2,3,4);;;;;;;;;/q;;;;;;2*-1;+2;;. The minimum Gasteiger partial charge on any atom is 2.00 e. The van der Waals surface area contributed by atoms with Crippen LogP contribution >= 0.6 is 15.6 Å². The molecule has 0 aliphatic rings. The van der Waals surface area contributed by atoms with Gasteiger partial charge < -0.3 is 29.4 Å². The Hall–Kier alpha value is 2.20. The number of rotatable bonds is 0. The Balaban J connectivity index is -0.0000000453. The topological polar surface area (TPSA) is 270 Å². The van der Waals surface area contributed by atoms with E-state index >= 15 is 0 Å². The third-order valence-corrected chi connectivity index (χ3v) is 0. The smallest absolute Gasteiger partial charge is 2.00 e. The zero-order chi connectivity index (χ0) is 16.2. The first-order valence-electron chi connectivity index (χ1n) is 2.57. The molecular formula is H6O14P2SrW2. The van der Waals surface area contributed by atoms with Gasteiger partial charge in [-0.2, -0.15) is 0 Å². The van der Waals surface area contributed by atoms with Gasteiger partial charge in [0.1, 0.15) is 0 Å². The molecule has 0 bridgehead atoms. The van der Waals surface area contributed by atoms with Gasteiger partial charge in [0.15, 0.2) is 0 Å². The summed E-state index contributed by atoms with van der Waals surface area (Å²) in [6.45, 7) is 0. The van der Waals surface area contributed by atoms with Crippen molar-refractivity contribution in [2.24, 2.45) is 0 Å². The average Bonchev–Trinajstić information content (AvgIpc) is 1.70. The van der Waals surface area contributed by atoms with Crippen molar-refractivity contribution in [1.82, 2.24) is 0 Å². The van der Waals surface area contributed by atoms with Crippen LogP contribution in [0.2, 0.25) is 0 Å². The number of phosphoric acid groups is 2. The molecule has 0 rings (SSSR count). The monoisotopic (exact) mass is 748 g/mol. The van der Waals surface area contributed by atoms with Gasteiger partial charge in [0.05, 0.1) is 0 Å². The third kappa shape index (κ3) is 1390. The Morgan fingerprint density at radius 3 is 0.632 bits per heavy atom. The van der Waals surface area contributed by atoms with E-state index in [0.29, 0.717) is 0 Å². The summed E-state index contributed by atoms with van der Waals surface area (Å²) < 4.78 is 69.4. The normalized spacial score (nSPS) is 8.84. The van der Waals surface area contributed by atoms with Crippen molar-refractivity contribution in [3.05, 3.63) is 0 Å².